The number of rotatable bonds is 7. The molecule has 0 saturated heterocycles. The molecule has 0 aliphatic carbocycles. The summed E-state index contributed by atoms with van der Waals surface area (Å²) in [5, 5.41) is 22.3. The Kier molecular flexibility index (Phi) is 5.68. The quantitative estimate of drug-likeness (QED) is 0.587. The molecule has 7 nitrogen and oxygen atoms in total. The highest BCUT2D eigenvalue weighted by molar-refractivity contribution is 9.10. The zero-order valence-corrected chi connectivity index (χ0v) is 11.9. The van der Waals surface area contributed by atoms with Crippen LogP contribution in [0.25, 0.3) is 0 Å². The summed E-state index contributed by atoms with van der Waals surface area (Å²) in [5.41, 5.74) is -0.102. The number of nitro groups is 1. The fourth-order valence-corrected chi connectivity index (χ4v) is 1.98. The van der Waals surface area contributed by atoms with Crippen molar-refractivity contribution in [2.75, 3.05) is 11.9 Å². The second-order valence-electron chi connectivity index (χ2n) is 4.03. The highest BCUT2D eigenvalue weighted by Gasteiger charge is 2.14. The Balaban J connectivity index is 2.67. The van der Waals surface area contributed by atoms with Gasteiger partial charge in [0.2, 0.25) is 0 Å². The molecule has 0 spiro atoms. The van der Waals surface area contributed by atoms with Gasteiger partial charge in [-0.2, -0.15) is 0 Å². The molecule has 1 aromatic rings. The largest absolute Gasteiger partial charge is 0.481 e. The lowest BCUT2D eigenvalue weighted by atomic mass is 10.0. The summed E-state index contributed by atoms with van der Waals surface area (Å²) in [4.78, 5) is 24.6. The van der Waals surface area contributed by atoms with Crippen molar-refractivity contribution in [3.05, 3.63) is 26.9 Å². The average molecular weight is 332 g/mol. The number of carboxylic acid groups (broad SMARTS) is 1. The smallest absolute Gasteiger partial charge is 0.303 e. The molecule has 0 aliphatic heterocycles. The molecule has 8 heteroatoms. The maximum absolute atomic E-state index is 10.6. The van der Waals surface area contributed by atoms with Crippen LogP contribution in [0.5, 0.6) is 0 Å². The number of nitrogens with one attached hydrogen (secondary N) is 1. The lowest BCUT2D eigenvalue weighted by Gasteiger charge is -2.14. The molecule has 0 aromatic carbocycles. The Labute approximate surface area is 118 Å². The van der Waals surface area contributed by atoms with Crippen LogP contribution < -0.4 is 5.32 Å². The molecule has 0 saturated carbocycles. The molecule has 1 unspecified atom stereocenters. The summed E-state index contributed by atoms with van der Waals surface area (Å²) in [6.07, 6.45) is 1.96. The lowest BCUT2D eigenvalue weighted by Crippen LogP contribution is -2.18. The Hall–Kier alpha value is -1.70. The number of anilines is 1. The van der Waals surface area contributed by atoms with Gasteiger partial charge < -0.3 is 10.4 Å². The van der Waals surface area contributed by atoms with E-state index >= 15 is 0 Å². The van der Waals surface area contributed by atoms with Crippen LogP contribution >= 0.6 is 15.9 Å². The first-order chi connectivity index (χ1) is 8.93. The summed E-state index contributed by atoms with van der Waals surface area (Å²) >= 11 is 3.19. The maximum Gasteiger partial charge on any atom is 0.303 e. The van der Waals surface area contributed by atoms with Gasteiger partial charge in [0, 0.05) is 19.0 Å². The van der Waals surface area contributed by atoms with E-state index in [1.807, 2.05) is 6.92 Å². The fraction of sp³-hybridized carbons (Fsp3) is 0.455. The van der Waals surface area contributed by atoms with Gasteiger partial charge in [-0.25, -0.2) is 4.98 Å². The molecule has 2 N–H and O–H groups in total. The molecule has 0 radical (unpaired) electrons. The van der Waals surface area contributed by atoms with Gasteiger partial charge in [-0.1, -0.05) is 13.3 Å². The number of hydrogen-bond donors (Lipinski definition) is 2. The van der Waals surface area contributed by atoms with Crippen molar-refractivity contribution < 1.29 is 14.8 Å². The molecule has 0 fully saturated rings. The second kappa shape index (κ2) is 7.03. The normalized spacial score (nSPS) is 11.9. The van der Waals surface area contributed by atoms with E-state index in [1.54, 1.807) is 0 Å². The number of hydrogen-bond acceptors (Lipinski definition) is 5. The van der Waals surface area contributed by atoms with Gasteiger partial charge in [0.25, 0.3) is 5.69 Å². The summed E-state index contributed by atoms with van der Waals surface area (Å²) in [6, 6.07) is 1.35. The molecule has 0 bridgehead atoms. The third-order valence-corrected chi connectivity index (χ3v) is 3.24. The van der Waals surface area contributed by atoms with Crippen LogP contribution in [0, 0.1) is 16.0 Å². The van der Waals surface area contributed by atoms with E-state index in [-0.39, 0.29) is 18.0 Å². The summed E-state index contributed by atoms with van der Waals surface area (Å²) < 4.78 is 0.479. The van der Waals surface area contributed by atoms with E-state index in [2.05, 4.69) is 26.2 Å². The molecular weight excluding hydrogens is 318 g/mol. The monoisotopic (exact) mass is 331 g/mol. The number of aliphatic carboxylic acids is 1. The SMILES string of the molecule is CCC(CNc1ncc([N+](=O)[O-])cc1Br)CC(=O)O. The van der Waals surface area contributed by atoms with Crippen molar-refractivity contribution in [2.24, 2.45) is 5.92 Å². The van der Waals surface area contributed by atoms with E-state index in [0.29, 0.717) is 16.8 Å². The van der Waals surface area contributed by atoms with E-state index in [1.165, 1.54) is 6.07 Å². The minimum absolute atomic E-state index is 0.0126. The van der Waals surface area contributed by atoms with Crippen LogP contribution in [0.2, 0.25) is 0 Å². The number of aromatic nitrogens is 1. The molecule has 0 aliphatic rings. The molecule has 1 heterocycles. The Morgan fingerprint density at radius 1 is 1.68 bits per heavy atom. The van der Waals surface area contributed by atoms with E-state index in [4.69, 9.17) is 5.11 Å². The van der Waals surface area contributed by atoms with Crippen molar-refractivity contribution in [2.45, 2.75) is 19.8 Å². The first-order valence-electron chi connectivity index (χ1n) is 5.69. The van der Waals surface area contributed by atoms with Gasteiger partial charge in [0.15, 0.2) is 0 Å². The molecule has 0 amide bonds. The summed E-state index contributed by atoms with van der Waals surface area (Å²) in [5.74, 6) is -0.389. The van der Waals surface area contributed by atoms with Crippen molar-refractivity contribution >= 4 is 33.4 Å². The Morgan fingerprint density at radius 2 is 2.37 bits per heavy atom. The summed E-state index contributed by atoms with van der Waals surface area (Å²) in [6.45, 7) is 2.36. The van der Waals surface area contributed by atoms with Gasteiger partial charge >= 0.3 is 5.97 Å². The topological polar surface area (TPSA) is 105 Å². The zero-order chi connectivity index (χ0) is 14.4. The van der Waals surface area contributed by atoms with Gasteiger partial charge in [-0.05, 0) is 21.8 Å². The van der Waals surface area contributed by atoms with Gasteiger partial charge in [-0.15, -0.1) is 0 Å². The average Bonchev–Trinajstić information content (AvgIpc) is 2.34. The number of carbonyl (C=O) groups is 1. The highest BCUT2D eigenvalue weighted by Crippen LogP contribution is 2.24. The van der Waals surface area contributed by atoms with E-state index in [9.17, 15) is 14.9 Å². The third kappa shape index (κ3) is 4.82. The molecule has 19 heavy (non-hydrogen) atoms. The molecule has 1 atom stereocenters. The molecular formula is C11H14BrN3O4. The van der Waals surface area contributed by atoms with Crippen LogP contribution in [-0.4, -0.2) is 27.5 Å². The van der Waals surface area contributed by atoms with E-state index < -0.39 is 10.9 Å². The van der Waals surface area contributed by atoms with Crippen LogP contribution in [0.4, 0.5) is 11.5 Å². The number of nitrogens with zero attached hydrogens (tertiary/aromatic N) is 2. The second-order valence-corrected chi connectivity index (χ2v) is 4.89. The van der Waals surface area contributed by atoms with Crippen molar-refractivity contribution in [1.29, 1.82) is 0 Å². The Bertz CT molecular complexity index is 481. The van der Waals surface area contributed by atoms with E-state index in [0.717, 1.165) is 12.6 Å². The van der Waals surface area contributed by atoms with Gasteiger partial charge in [-0.3, -0.25) is 14.9 Å². The summed E-state index contributed by atoms with van der Waals surface area (Å²) in [7, 11) is 0. The van der Waals surface area contributed by atoms with Crippen LogP contribution in [0.3, 0.4) is 0 Å². The predicted octanol–water partition coefficient (Wildman–Crippen LogP) is 2.67. The van der Waals surface area contributed by atoms with Crippen molar-refractivity contribution in [3.63, 3.8) is 0 Å². The standard InChI is InChI=1S/C11H14BrN3O4/c1-2-7(3-10(16)17)5-13-11-9(12)4-8(6-14-11)15(18)19/h4,6-7H,2-3,5H2,1H3,(H,13,14)(H,16,17). The fourth-order valence-electron chi connectivity index (χ4n) is 1.51. The van der Waals surface area contributed by atoms with Crippen molar-refractivity contribution in [1.82, 2.24) is 4.98 Å². The van der Waals surface area contributed by atoms with Crippen LogP contribution in [0.1, 0.15) is 19.8 Å². The number of pyridine rings is 1. The van der Waals surface area contributed by atoms with Crippen molar-refractivity contribution in [3.8, 4) is 0 Å². The first-order valence-corrected chi connectivity index (χ1v) is 6.49. The lowest BCUT2D eigenvalue weighted by molar-refractivity contribution is -0.385. The minimum atomic E-state index is -0.843. The highest BCUT2D eigenvalue weighted by atomic mass is 79.9. The third-order valence-electron chi connectivity index (χ3n) is 2.64. The minimum Gasteiger partial charge on any atom is -0.481 e. The zero-order valence-electron chi connectivity index (χ0n) is 10.3. The predicted molar refractivity (Wildman–Crippen MR) is 73.1 cm³/mol. The molecule has 1 rings (SSSR count). The van der Waals surface area contributed by atoms with Gasteiger partial charge in [0.05, 0.1) is 9.40 Å². The molecule has 104 valence electrons. The number of carboxylic acids is 1. The Morgan fingerprint density at radius 3 is 2.84 bits per heavy atom. The maximum atomic E-state index is 10.6. The number of halogens is 1. The van der Waals surface area contributed by atoms with Crippen LogP contribution in [-0.2, 0) is 4.79 Å². The molecule has 1 aromatic heterocycles. The van der Waals surface area contributed by atoms with Gasteiger partial charge in [0.1, 0.15) is 12.0 Å². The van der Waals surface area contributed by atoms with Crippen LogP contribution in [0.15, 0.2) is 16.7 Å². The first kappa shape index (κ1) is 15.4.